The molecule has 2 aromatic rings. The molecule has 1 N–H and O–H groups in total. The summed E-state index contributed by atoms with van der Waals surface area (Å²) in [7, 11) is -3.43. The average molecular weight is 304 g/mol. The quantitative estimate of drug-likeness (QED) is 0.940. The number of benzene rings is 1. The summed E-state index contributed by atoms with van der Waals surface area (Å²) in [4.78, 5) is 14.2. The van der Waals surface area contributed by atoms with E-state index in [4.69, 9.17) is 0 Å². The summed E-state index contributed by atoms with van der Waals surface area (Å²) < 4.78 is 26.6. The molecule has 1 aliphatic rings. The fourth-order valence-electron chi connectivity index (χ4n) is 2.54. The Kier molecular flexibility index (Phi) is 3.65. The molecule has 0 aliphatic carbocycles. The van der Waals surface area contributed by atoms with Gasteiger partial charge in [-0.1, -0.05) is 12.1 Å². The van der Waals surface area contributed by atoms with Crippen molar-refractivity contribution in [2.24, 2.45) is 0 Å². The summed E-state index contributed by atoms with van der Waals surface area (Å²) in [6.45, 7) is 1.16. The van der Waals surface area contributed by atoms with Gasteiger partial charge in [0.25, 0.3) is 0 Å². The summed E-state index contributed by atoms with van der Waals surface area (Å²) in [6.07, 6.45) is 3.37. The van der Waals surface area contributed by atoms with E-state index in [2.05, 4.69) is 4.98 Å². The minimum atomic E-state index is -3.43. The van der Waals surface area contributed by atoms with E-state index >= 15 is 0 Å². The number of aromatic amines is 1. The highest BCUT2D eigenvalue weighted by molar-refractivity contribution is 7.89. The van der Waals surface area contributed by atoms with E-state index in [1.165, 1.54) is 10.4 Å². The number of sulfonamides is 1. The molecule has 2 heterocycles. The highest BCUT2D eigenvalue weighted by Crippen LogP contribution is 2.25. The van der Waals surface area contributed by atoms with Crippen molar-refractivity contribution in [1.29, 1.82) is 0 Å². The van der Waals surface area contributed by atoms with Crippen LogP contribution < -0.4 is 5.56 Å². The molecule has 0 unspecified atom stereocenters. The molecule has 1 aliphatic heterocycles. The zero-order valence-corrected chi connectivity index (χ0v) is 12.3. The molecule has 0 atom stereocenters. The van der Waals surface area contributed by atoms with Gasteiger partial charge < -0.3 is 4.98 Å². The van der Waals surface area contributed by atoms with Crippen LogP contribution in [0, 0.1) is 0 Å². The number of H-pyrrole nitrogens is 1. The Morgan fingerprint density at radius 2 is 1.71 bits per heavy atom. The summed E-state index contributed by atoms with van der Waals surface area (Å²) in [5.74, 6) is 0. The molecule has 1 fully saturated rings. The Hall–Kier alpha value is -1.92. The van der Waals surface area contributed by atoms with Crippen LogP contribution in [-0.2, 0) is 10.0 Å². The standard InChI is InChI=1S/C15H16N2O3S/c18-15-11-13(6-7-16-15)12-4-3-5-14(10-12)21(19,20)17-8-1-2-9-17/h3-7,10-11H,1-2,8-9H2,(H,16,18). The number of hydrogen-bond acceptors (Lipinski definition) is 3. The SMILES string of the molecule is O=c1cc(-c2cccc(S(=O)(=O)N3CCCC3)c2)cc[nH]1. The van der Waals surface area contributed by atoms with Crippen LogP contribution in [0.15, 0.2) is 52.3 Å². The first-order valence-electron chi connectivity index (χ1n) is 6.87. The first kappa shape index (κ1) is 14.0. The Bertz CT molecular complexity index is 805. The summed E-state index contributed by atoms with van der Waals surface area (Å²) in [5.41, 5.74) is 1.22. The van der Waals surface area contributed by atoms with Crippen LogP contribution in [0.25, 0.3) is 11.1 Å². The number of nitrogens with one attached hydrogen (secondary N) is 1. The molecule has 0 radical (unpaired) electrons. The van der Waals surface area contributed by atoms with Gasteiger partial charge in [0, 0.05) is 25.4 Å². The van der Waals surface area contributed by atoms with Crippen molar-refractivity contribution in [2.75, 3.05) is 13.1 Å². The van der Waals surface area contributed by atoms with E-state index in [9.17, 15) is 13.2 Å². The van der Waals surface area contributed by atoms with Gasteiger partial charge in [-0.15, -0.1) is 0 Å². The second-order valence-electron chi connectivity index (χ2n) is 5.08. The molecule has 3 rings (SSSR count). The van der Waals surface area contributed by atoms with Crippen LogP contribution in [0.4, 0.5) is 0 Å². The molecule has 1 saturated heterocycles. The number of hydrogen-bond donors (Lipinski definition) is 1. The molecular weight excluding hydrogens is 288 g/mol. The zero-order valence-electron chi connectivity index (χ0n) is 11.5. The van der Waals surface area contributed by atoms with Crippen molar-refractivity contribution in [1.82, 2.24) is 9.29 Å². The average Bonchev–Trinajstić information content (AvgIpc) is 3.02. The molecule has 0 spiro atoms. The molecule has 21 heavy (non-hydrogen) atoms. The smallest absolute Gasteiger partial charge is 0.248 e. The maximum atomic E-state index is 12.5. The lowest BCUT2D eigenvalue weighted by Crippen LogP contribution is -2.27. The van der Waals surface area contributed by atoms with Gasteiger partial charge in [0.15, 0.2) is 0 Å². The van der Waals surface area contributed by atoms with Crippen molar-refractivity contribution in [2.45, 2.75) is 17.7 Å². The topological polar surface area (TPSA) is 70.2 Å². The number of pyridine rings is 1. The summed E-state index contributed by atoms with van der Waals surface area (Å²) in [5, 5.41) is 0. The van der Waals surface area contributed by atoms with Gasteiger partial charge >= 0.3 is 0 Å². The summed E-state index contributed by atoms with van der Waals surface area (Å²) in [6, 6.07) is 9.95. The van der Waals surface area contributed by atoms with Crippen LogP contribution in [0.2, 0.25) is 0 Å². The van der Waals surface area contributed by atoms with Gasteiger partial charge in [-0.05, 0) is 42.2 Å². The lowest BCUT2D eigenvalue weighted by molar-refractivity contribution is 0.477. The normalized spacial score (nSPS) is 16.2. The van der Waals surface area contributed by atoms with E-state index < -0.39 is 10.0 Å². The first-order valence-corrected chi connectivity index (χ1v) is 8.31. The van der Waals surface area contributed by atoms with Crippen molar-refractivity contribution >= 4 is 10.0 Å². The van der Waals surface area contributed by atoms with E-state index in [0.29, 0.717) is 18.7 Å². The maximum absolute atomic E-state index is 12.5. The Labute approximate surface area is 123 Å². The van der Waals surface area contributed by atoms with E-state index in [1.807, 2.05) is 0 Å². The minimum Gasteiger partial charge on any atom is -0.329 e. The second kappa shape index (κ2) is 5.46. The molecule has 0 amide bonds. The predicted octanol–water partition coefficient (Wildman–Crippen LogP) is 1.83. The predicted molar refractivity (Wildman–Crippen MR) is 80.5 cm³/mol. The van der Waals surface area contributed by atoms with E-state index in [-0.39, 0.29) is 10.5 Å². The van der Waals surface area contributed by atoms with Gasteiger partial charge in [-0.25, -0.2) is 8.42 Å². The Morgan fingerprint density at radius 1 is 1.00 bits per heavy atom. The molecule has 110 valence electrons. The molecular formula is C15H16N2O3S. The lowest BCUT2D eigenvalue weighted by Gasteiger charge is -2.16. The molecule has 1 aromatic heterocycles. The van der Waals surface area contributed by atoms with Crippen LogP contribution in [0.1, 0.15) is 12.8 Å². The number of nitrogens with zero attached hydrogens (tertiary/aromatic N) is 1. The van der Waals surface area contributed by atoms with Crippen molar-refractivity contribution < 1.29 is 8.42 Å². The highest BCUT2D eigenvalue weighted by Gasteiger charge is 2.27. The second-order valence-corrected chi connectivity index (χ2v) is 7.02. The fourth-order valence-corrected chi connectivity index (χ4v) is 4.10. The summed E-state index contributed by atoms with van der Waals surface area (Å²) >= 11 is 0. The number of aromatic nitrogens is 1. The molecule has 0 bridgehead atoms. The van der Waals surface area contributed by atoms with Crippen molar-refractivity contribution in [3.05, 3.63) is 52.9 Å². The minimum absolute atomic E-state index is 0.208. The van der Waals surface area contributed by atoms with Gasteiger partial charge in [0.05, 0.1) is 4.90 Å². The fraction of sp³-hybridized carbons (Fsp3) is 0.267. The van der Waals surface area contributed by atoms with Crippen molar-refractivity contribution in [3.63, 3.8) is 0 Å². The lowest BCUT2D eigenvalue weighted by atomic mass is 10.1. The highest BCUT2D eigenvalue weighted by atomic mass is 32.2. The maximum Gasteiger partial charge on any atom is 0.248 e. The number of rotatable bonds is 3. The van der Waals surface area contributed by atoms with Gasteiger partial charge in [-0.2, -0.15) is 4.31 Å². The third kappa shape index (κ3) is 2.77. The van der Waals surface area contributed by atoms with Gasteiger partial charge in [-0.3, -0.25) is 4.79 Å². The van der Waals surface area contributed by atoms with Crippen LogP contribution in [0.3, 0.4) is 0 Å². The third-order valence-electron chi connectivity index (χ3n) is 3.65. The molecule has 5 nitrogen and oxygen atoms in total. The molecule has 6 heteroatoms. The van der Waals surface area contributed by atoms with Gasteiger partial charge in [0.1, 0.15) is 0 Å². The Balaban J connectivity index is 2.02. The van der Waals surface area contributed by atoms with Crippen molar-refractivity contribution in [3.8, 4) is 11.1 Å². The van der Waals surface area contributed by atoms with Crippen LogP contribution >= 0.6 is 0 Å². The zero-order chi connectivity index (χ0) is 14.9. The largest absolute Gasteiger partial charge is 0.329 e. The van der Waals surface area contributed by atoms with Crippen LogP contribution in [-0.4, -0.2) is 30.8 Å². The molecule has 0 saturated carbocycles. The Morgan fingerprint density at radius 3 is 2.43 bits per heavy atom. The first-order chi connectivity index (χ1) is 10.1. The van der Waals surface area contributed by atoms with E-state index in [1.54, 1.807) is 36.5 Å². The monoisotopic (exact) mass is 304 g/mol. The van der Waals surface area contributed by atoms with Crippen LogP contribution in [0.5, 0.6) is 0 Å². The van der Waals surface area contributed by atoms with Gasteiger partial charge in [0.2, 0.25) is 15.6 Å². The van der Waals surface area contributed by atoms with E-state index in [0.717, 1.165) is 18.4 Å². The molecule has 1 aromatic carbocycles. The third-order valence-corrected chi connectivity index (χ3v) is 5.54.